The second-order valence-electron chi connectivity index (χ2n) is 6.50. The van der Waals surface area contributed by atoms with Gasteiger partial charge in [0.05, 0.1) is 11.9 Å². The molecular weight excluding hydrogens is 326 g/mol. The van der Waals surface area contributed by atoms with Gasteiger partial charge in [-0.1, -0.05) is 30.3 Å². The van der Waals surface area contributed by atoms with Gasteiger partial charge in [0.15, 0.2) is 5.76 Å². The van der Waals surface area contributed by atoms with Gasteiger partial charge in [0.1, 0.15) is 11.4 Å². The molecule has 0 spiro atoms. The van der Waals surface area contributed by atoms with E-state index in [9.17, 15) is 4.79 Å². The lowest BCUT2D eigenvalue weighted by Crippen LogP contribution is -2.10. The first-order valence-corrected chi connectivity index (χ1v) is 8.73. The number of carbonyl (C=O) groups is 1. The van der Waals surface area contributed by atoms with Crippen molar-refractivity contribution in [1.29, 1.82) is 0 Å². The van der Waals surface area contributed by atoms with Crippen LogP contribution in [0.4, 0.5) is 5.69 Å². The molecular formula is C21H17N3O2. The van der Waals surface area contributed by atoms with Crippen molar-refractivity contribution in [3.8, 4) is 11.3 Å². The van der Waals surface area contributed by atoms with Crippen LogP contribution in [0, 0.1) is 0 Å². The van der Waals surface area contributed by atoms with E-state index in [1.54, 1.807) is 6.07 Å². The number of imidazole rings is 1. The fraction of sp³-hybridized carbons (Fsp3) is 0.143. The molecule has 3 heterocycles. The number of carbonyl (C=O) groups excluding carboxylic acids is 1. The molecule has 0 aliphatic carbocycles. The molecule has 5 rings (SSSR count). The number of aromatic nitrogens is 2. The van der Waals surface area contributed by atoms with Crippen molar-refractivity contribution in [3.05, 3.63) is 72.4 Å². The Kier molecular flexibility index (Phi) is 3.38. The number of anilines is 1. The maximum atomic E-state index is 12.5. The Morgan fingerprint density at radius 3 is 2.96 bits per heavy atom. The Hall–Kier alpha value is -3.34. The molecule has 1 N–H and O–H groups in total. The minimum absolute atomic E-state index is 0.253. The molecule has 0 saturated carbocycles. The monoisotopic (exact) mass is 343 g/mol. The Bertz CT molecular complexity index is 1090. The molecule has 2 aromatic carbocycles. The van der Waals surface area contributed by atoms with Crippen LogP contribution < -0.4 is 5.32 Å². The Labute approximate surface area is 150 Å². The number of benzene rings is 2. The van der Waals surface area contributed by atoms with E-state index in [2.05, 4.69) is 14.9 Å². The minimum Gasteiger partial charge on any atom is -0.451 e. The van der Waals surface area contributed by atoms with Crippen molar-refractivity contribution in [2.45, 2.75) is 19.4 Å². The first-order valence-electron chi connectivity index (χ1n) is 8.73. The molecule has 5 heteroatoms. The minimum atomic E-state index is -0.253. The van der Waals surface area contributed by atoms with E-state index in [4.69, 9.17) is 4.42 Å². The highest BCUT2D eigenvalue weighted by Gasteiger charge is 2.17. The molecule has 4 aromatic rings. The van der Waals surface area contributed by atoms with E-state index in [-0.39, 0.29) is 5.91 Å². The van der Waals surface area contributed by atoms with Gasteiger partial charge >= 0.3 is 0 Å². The van der Waals surface area contributed by atoms with Gasteiger partial charge < -0.3 is 14.3 Å². The number of aryl methyl sites for hydroxylation is 1. The first kappa shape index (κ1) is 15.0. The zero-order valence-electron chi connectivity index (χ0n) is 14.1. The zero-order chi connectivity index (χ0) is 17.5. The van der Waals surface area contributed by atoms with Crippen LogP contribution in [0.3, 0.4) is 0 Å². The van der Waals surface area contributed by atoms with Crippen molar-refractivity contribution >= 4 is 22.6 Å². The van der Waals surface area contributed by atoms with Crippen LogP contribution in [-0.2, 0) is 13.0 Å². The van der Waals surface area contributed by atoms with E-state index in [1.807, 2.05) is 54.7 Å². The molecule has 0 saturated heterocycles. The van der Waals surface area contributed by atoms with Gasteiger partial charge in [0, 0.05) is 29.6 Å². The van der Waals surface area contributed by atoms with Gasteiger partial charge in [-0.2, -0.15) is 0 Å². The molecule has 0 radical (unpaired) electrons. The van der Waals surface area contributed by atoms with Crippen LogP contribution in [0.1, 0.15) is 22.8 Å². The zero-order valence-corrected chi connectivity index (χ0v) is 14.1. The molecule has 128 valence electrons. The predicted molar refractivity (Wildman–Crippen MR) is 100 cm³/mol. The summed E-state index contributed by atoms with van der Waals surface area (Å²) in [5, 5.41) is 3.84. The average Bonchev–Trinajstić information content (AvgIpc) is 3.36. The number of furan rings is 1. The van der Waals surface area contributed by atoms with Crippen molar-refractivity contribution < 1.29 is 9.21 Å². The third kappa shape index (κ3) is 2.49. The van der Waals surface area contributed by atoms with E-state index >= 15 is 0 Å². The number of hydrogen-bond donors (Lipinski definition) is 1. The SMILES string of the molecule is O=C(Nc1cccc(-c2cnc3n2CCC3)c1)c1cc2ccccc2o1. The third-order valence-corrected chi connectivity index (χ3v) is 4.79. The smallest absolute Gasteiger partial charge is 0.291 e. The summed E-state index contributed by atoms with van der Waals surface area (Å²) in [4.78, 5) is 17.0. The molecule has 0 fully saturated rings. The maximum absolute atomic E-state index is 12.5. The molecule has 26 heavy (non-hydrogen) atoms. The first-order chi connectivity index (χ1) is 12.8. The van der Waals surface area contributed by atoms with Crippen LogP contribution in [0.2, 0.25) is 0 Å². The summed E-state index contributed by atoms with van der Waals surface area (Å²) in [5.74, 6) is 1.19. The van der Waals surface area contributed by atoms with Crippen molar-refractivity contribution in [2.75, 3.05) is 5.32 Å². The summed E-state index contributed by atoms with van der Waals surface area (Å²) in [7, 11) is 0. The van der Waals surface area contributed by atoms with Crippen LogP contribution in [0.5, 0.6) is 0 Å². The average molecular weight is 343 g/mol. The lowest BCUT2D eigenvalue weighted by molar-refractivity contribution is 0.0998. The molecule has 5 nitrogen and oxygen atoms in total. The van der Waals surface area contributed by atoms with Gasteiger partial charge in [-0.3, -0.25) is 4.79 Å². The summed E-state index contributed by atoms with van der Waals surface area (Å²) in [6, 6.07) is 17.2. The summed E-state index contributed by atoms with van der Waals surface area (Å²) < 4.78 is 7.89. The lowest BCUT2D eigenvalue weighted by Gasteiger charge is -2.08. The number of fused-ring (bicyclic) bond motifs is 2. The fourth-order valence-corrected chi connectivity index (χ4v) is 3.53. The second-order valence-corrected chi connectivity index (χ2v) is 6.50. The maximum Gasteiger partial charge on any atom is 0.291 e. The lowest BCUT2D eigenvalue weighted by atomic mass is 10.1. The fourth-order valence-electron chi connectivity index (χ4n) is 3.53. The van der Waals surface area contributed by atoms with Gasteiger partial charge in [-0.05, 0) is 30.7 Å². The summed E-state index contributed by atoms with van der Waals surface area (Å²) >= 11 is 0. The van der Waals surface area contributed by atoms with E-state index in [0.29, 0.717) is 11.3 Å². The molecule has 0 unspecified atom stereocenters. The standard InChI is InChI=1S/C21H17N3O2/c25-21(19-12-15-5-1-2-8-18(15)26-19)23-16-7-3-6-14(11-16)17-13-22-20-9-4-10-24(17)20/h1-3,5-8,11-13H,4,9-10H2,(H,23,25). The largest absolute Gasteiger partial charge is 0.451 e. The molecule has 1 aliphatic heterocycles. The molecule has 2 aromatic heterocycles. The second kappa shape index (κ2) is 5.88. The van der Waals surface area contributed by atoms with Crippen molar-refractivity contribution in [1.82, 2.24) is 9.55 Å². The van der Waals surface area contributed by atoms with E-state index in [0.717, 1.165) is 47.5 Å². The Balaban J connectivity index is 1.43. The van der Waals surface area contributed by atoms with Crippen LogP contribution >= 0.6 is 0 Å². The number of amides is 1. The van der Waals surface area contributed by atoms with Gasteiger partial charge in [-0.15, -0.1) is 0 Å². The van der Waals surface area contributed by atoms with Gasteiger partial charge in [0.2, 0.25) is 0 Å². The van der Waals surface area contributed by atoms with Crippen molar-refractivity contribution in [2.24, 2.45) is 0 Å². The van der Waals surface area contributed by atoms with Crippen LogP contribution in [0.25, 0.3) is 22.2 Å². The highest BCUT2D eigenvalue weighted by atomic mass is 16.3. The van der Waals surface area contributed by atoms with E-state index < -0.39 is 0 Å². The molecule has 0 bridgehead atoms. The molecule has 1 amide bonds. The topological polar surface area (TPSA) is 60.1 Å². The highest BCUT2D eigenvalue weighted by Crippen LogP contribution is 2.28. The predicted octanol–water partition coefficient (Wildman–Crippen LogP) is 4.49. The summed E-state index contributed by atoms with van der Waals surface area (Å²) in [6.07, 6.45) is 4.08. The van der Waals surface area contributed by atoms with E-state index in [1.165, 1.54) is 0 Å². The highest BCUT2D eigenvalue weighted by molar-refractivity contribution is 6.04. The number of nitrogens with zero attached hydrogens (tertiary/aromatic N) is 2. The summed E-state index contributed by atoms with van der Waals surface area (Å²) in [5.41, 5.74) is 3.59. The number of rotatable bonds is 3. The number of nitrogens with one attached hydrogen (secondary N) is 1. The normalized spacial score (nSPS) is 13.1. The quantitative estimate of drug-likeness (QED) is 0.596. The van der Waals surface area contributed by atoms with Gasteiger partial charge in [-0.25, -0.2) is 4.98 Å². The van der Waals surface area contributed by atoms with Crippen LogP contribution in [0.15, 0.2) is 65.2 Å². The van der Waals surface area contributed by atoms with Crippen LogP contribution in [-0.4, -0.2) is 15.5 Å². The van der Waals surface area contributed by atoms with Gasteiger partial charge in [0.25, 0.3) is 5.91 Å². The summed E-state index contributed by atoms with van der Waals surface area (Å²) in [6.45, 7) is 1.00. The molecule has 0 atom stereocenters. The third-order valence-electron chi connectivity index (χ3n) is 4.79. The Morgan fingerprint density at radius 1 is 1.12 bits per heavy atom. The Morgan fingerprint density at radius 2 is 2.04 bits per heavy atom. The number of hydrogen-bond acceptors (Lipinski definition) is 3. The van der Waals surface area contributed by atoms with Crippen molar-refractivity contribution in [3.63, 3.8) is 0 Å². The molecule has 1 aliphatic rings. The number of para-hydroxylation sites is 1.